The Morgan fingerprint density at radius 3 is 1.47 bits per heavy atom. The minimum atomic E-state index is 0.856. The second-order valence-corrected chi connectivity index (χ2v) is 18.4. The van der Waals surface area contributed by atoms with Gasteiger partial charge in [-0.25, -0.2) is 0 Å². The van der Waals surface area contributed by atoms with Crippen LogP contribution < -0.4 is 4.90 Å². The number of rotatable bonds is 7. The van der Waals surface area contributed by atoms with Gasteiger partial charge in [0.15, 0.2) is 0 Å². The maximum atomic E-state index is 7.06. The maximum absolute atomic E-state index is 7.06. The molecule has 0 saturated heterocycles. The molecule has 0 radical (unpaired) electrons. The molecule has 0 spiro atoms. The minimum Gasteiger partial charge on any atom is -0.455 e. The number of anilines is 3. The van der Waals surface area contributed by atoms with Crippen molar-refractivity contribution < 1.29 is 4.42 Å². The second kappa shape index (κ2) is 16.2. The van der Waals surface area contributed by atoms with Gasteiger partial charge >= 0.3 is 0 Å². The fourth-order valence-corrected chi connectivity index (χ4v) is 11.1. The van der Waals surface area contributed by atoms with Crippen LogP contribution in [0.2, 0.25) is 0 Å². The summed E-state index contributed by atoms with van der Waals surface area (Å²) >= 11 is 0. The van der Waals surface area contributed by atoms with Crippen molar-refractivity contribution in [3.8, 4) is 44.5 Å². The van der Waals surface area contributed by atoms with Gasteiger partial charge in [0.05, 0.1) is 11.1 Å². The fourth-order valence-electron chi connectivity index (χ4n) is 11.1. The molecule has 0 amide bonds. The van der Waals surface area contributed by atoms with E-state index in [0.29, 0.717) is 0 Å². The van der Waals surface area contributed by atoms with E-state index in [2.05, 4.69) is 266 Å². The molecule has 0 aliphatic rings. The third kappa shape index (κ3) is 6.49. The molecule has 2 heteroatoms. The number of hydrogen-bond donors (Lipinski definition) is 0. The van der Waals surface area contributed by atoms with Crippen molar-refractivity contribution in [1.29, 1.82) is 0 Å². The molecule has 0 saturated carbocycles. The molecule has 326 valence electrons. The Labute approximate surface area is 405 Å². The van der Waals surface area contributed by atoms with Gasteiger partial charge in [-0.05, 0) is 153 Å². The third-order valence-corrected chi connectivity index (χ3v) is 14.4. The lowest BCUT2D eigenvalue weighted by atomic mass is 9.91. The molecule has 13 aromatic carbocycles. The van der Waals surface area contributed by atoms with E-state index in [0.717, 1.165) is 61.3 Å². The monoisotopic (exact) mass is 889 g/mol. The van der Waals surface area contributed by atoms with E-state index in [1.54, 1.807) is 0 Å². The van der Waals surface area contributed by atoms with Gasteiger partial charge < -0.3 is 9.32 Å². The highest BCUT2D eigenvalue weighted by molar-refractivity contribution is 6.26. The first kappa shape index (κ1) is 39.9. The smallest absolute Gasteiger partial charge is 0.145 e. The van der Waals surface area contributed by atoms with Crippen molar-refractivity contribution >= 4 is 92.9 Å². The molecule has 0 N–H and O–H groups in total. The van der Waals surface area contributed by atoms with Gasteiger partial charge in [-0.1, -0.05) is 200 Å². The molecule has 0 bridgehead atoms. The predicted octanol–water partition coefficient (Wildman–Crippen LogP) is 19.5. The Morgan fingerprint density at radius 2 is 0.757 bits per heavy atom. The molecular weight excluding hydrogens is 847 g/mol. The summed E-state index contributed by atoms with van der Waals surface area (Å²) in [7, 11) is 0. The predicted molar refractivity (Wildman–Crippen MR) is 298 cm³/mol. The molecule has 1 aromatic heterocycles. The summed E-state index contributed by atoms with van der Waals surface area (Å²) in [6.07, 6.45) is 0. The van der Waals surface area contributed by atoms with Gasteiger partial charge in [-0.2, -0.15) is 0 Å². The molecule has 70 heavy (non-hydrogen) atoms. The highest BCUT2D eigenvalue weighted by atomic mass is 16.3. The Morgan fingerprint density at radius 1 is 0.257 bits per heavy atom. The molecule has 2 nitrogen and oxygen atoms in total. The Balaban J connectivity index is 0.979. The number of furan rings is 1. The highest BCUT2D eigenvalue weighted by Gasteiger charge is 2.24. The van der Waals surface area contributed by atoms with E-state index in [4.69, 9.17) is 4.42 Å². The molecule has 14 aromatic rings. The lowest BCUT2D eigenvalue weighted by molar-refractivity contribution is 0.670. The normalized spacial score (nSPS) is 11.7. The SMILES string of the molecule is c1ccc(-c2cccc(-c3ccc(N(c4cccc(-c5ccc6c7ccccc7c7ccccc7c6c5)c4)c4ccc(-c5cc6ccccc6c6ccccc56)c5oc6ccccc6c45)cc3)c2)cc1. The van der Waals surface area contributed by atoms with Crippen LogP contribution in [0.25, 0.3) is 120 Å². The molecule has 0 unspecified atom stereocenters. The van der Waals surface area contributed by atoms with Crippen molar-refractivity contribution in [3.63, 3.8) is 0 Å². The quantitative estimate of drug-likeness (QED) is 0.148. The molecule has 0 atom stereocenters. The van der Waals surface area contributed by atoms with Crippen molar-refractivity contribution in [2.45, 2.75) is 0 Å². The van der Waals surface area contributed by atoms with Crippen LogP contribution in [0.3, 0.4) is 0 Å². The molecule has 0 fully saturated rings. The van der Waals surface area contributed by atoms with E-state index >= 15 is 0 Å². The number of benzene rings is 13. The van der Waals surface area contributed by atoms with Crippen LogP contribution in [-0.2, 0) is 0 Å². The van der Waals surface area contributed by atoms with Gasteiger partial charge in [0.1, 0.15) is 11.2 Å². The summed E-state index contributed by atoms with van der Waals surface area (Å²) in [4.78, 5) is 2.42. The van der Waals surface area contributed by atoms with Crippen molar-refractivity contribution in [3.05, 3.63) is 261 Å². The standard InChI is InChI=1S/C68H43NO/c1-2-16-44(17-3-1)46-19-14-20-47(40-46)45-32-35-51(36-33-45)69(52-22-15-21-48(41-52)49-34-37-60-57-27-8-7-25-55(57)56-26-9-11-29-59(56)63(60)42-49)65-39-38-61(68-67(65)62-30-12-13-31-66(62)70-68)64-43-50-18-4-5-23-53(50)54-24-6-10-28-58(54)64/h1-43H. The van der Waals surface area contributed by atoms with Crippen molar-refractivity contribution in [2.24, 2.45) is 0 Å². The van der Waals surface area contributed by atoms with E-state index in [1.807, 2.05) is 0 Å². The first-order chi connectivity index (χ1) is 34.7. The zero-order chi connectivity index (χ0) is 46.1. The summed E-state index contributed by atoms with van der Waals surface area (Å²) < 4.78 is 7.06. The van der Waals surface area contributed by atoms with Crippen LogP contribution in [0, 0.1) is 0 Å². The van der Waals surface area contributed by atoms with Gasteiger partial charge in [0.2, 0.25) is 0 Å². The second-order valence-electron chi connectivity index (χ2n) is 18.4. The van der Waals surface area contributed by atoms with E-state index in [-0.39, 0.29) is 0 Å². The largest absolute Gasteiger partial charge is 0.455 e. The summed E-state index contributed by atoms with van der Waals surface area (Å²) in [5.41, 5.74) is 14.1. The van der Waals surface area contributed by atoms with Crippen molar-refractivity contribution in [2.75, 3.05) is 4.90 Å². The molecule has 1 heterocycles. The van der Waals surface area contributed by atoms with Gasteiger partial charge in [-0.15, -0.1) is 0 Å². The van der Waals surface area contributed by atoms with E-state index in [9.17, 15) is 0 Å². The lowest BCUT2D eigenvalue weighted by Crippen LogP contribution is -2.10. The van der Waals surface area contributed by atoms with Crippen LogP contribution in [0.4, 0.5) is 17.1 Å². The van der Waals surface area contributed by atoms with E-state index < -0.39 is 0 Å². The van der Waals surface area contributed by atoms with Crippen molar-refractivity contribution in [1.82, 2.24) is 0 Å². The Hall–Kier alpha value is -9.24. The zero-order valence-electron chi connectivity index (χ0n) is 38.2. The van der Waals surface area contributed by atoms with Crippen LogP contribution >= 0.6 is 0 Å². The van der Waals surface area contributed by atoms with Crippen LogP contribution in [0.5, 0.6) is 0 Å². The topological polar surface area (TPSA) is 16.4 Å². The summed E-state index contributed by atoms with van der Waals surface area (Å²) in [5.74, 6) is 0. The first-order valence-corrected chi connectivity index (χ1v) is 24.1. The summed E-state index contributed by atoms with van der Waals surface area (Å²) in [5, 5.41) is 14.6. The average molecular weight is 890 g/mol. The lowest BCUT2D eigenvalue weighted by Gasteiger charge is -2.27. The average Bonchev–Trinajstić information content (AvgIpc) is 3.84. The molecular formula is C68H43NO. The molecule has 14 rings (SSSR count). The van der Waals surface area contributed by atoms with Crippen LogP contribution in [-0.4, -0.2) is 0 Å². The number of nitrogens with zero attached hydrogens (tertiary/aromatic N) is 1. The minimum absolute atomic E-state index is 0.856. The number of fused-ring (bicyclic) bond motifs is 12. The highest BCUT2D eigenvalue weighted by Crippen LogP contribution is 2.49. The third-order valence-electron chi connectivity index (χ3n) is 14.4. The first-order valence-electron chi connectivity index (χ1n) is 24.1. The molecule has 0 aliphatic heterocycles. The zero-order valence-corrected chi connectivity index (χ0v) is 38.2. The maximum Gasteiger partial charge on any atom is 0.145 e. The van der Waals surface area contributed by atoms with Gasteiger partial charge in [0.25, 0.3) is 0 Å². The van der Waals surface area contributed by atoms with Gasteiger partial charge in [-0.3, -0.25) is 0 Å². The molecule has 0 aliphatic carbocycles. The van der Waals surface area contributed by atoms with E-state index in [1.165, 1.54) is 76.1 Å². The Bertz CT molecular complexity index is 4320. The van der Waals surface area contributed by atoms with Crippen LogP contribution in [0.1, 0.15) is 0 Å². The Kier molecular flexibility index (Phi) is 9.25. The van der Waals surface area contributed by atoms with Crippen LogP contribution in [0.15, 0.2) is 265 Å². The summed E-state index contributed by atoms with van der Waals surface area (Å²) in [6.45, 7) is 0. The number of hydrogen-bond acceptors (Lipinski definition) is 2. The van der Waals surface area contributed by atoms with Gasteiger partial charge in [0, 0.05) is 22.3 Å². The number of para-hydroxylation sites is 1. The summed E-state index contributed by atoms with van der Waals surface area (Å²) in [6, 6.07) is 94.9. The fraction of sp³-hybridized carbons (Fsp3) is 0.